The maximum absolute atomic E-state index is 13.9. The molecule has 0 spiro atoms. The standard InChI is InChI=1S/C19H22FN3O3S/c1-15-7-9-17(10-8-15)21-19(24)14-23-12-4-11-22(27(23,25)26)13-16-5-2-3-6-18(16)20/h2-3,5-10H,4,11-14H2,1H3,(H,21,24). The lowest BCUT2D eigenvalue weighted by Crippen LogP contribution is -2.51. The molecule has 0 aliphatic carbocycles. The zero-order chi connectivity index (χ0) is 19.4. The fourth-order valence-corrected chi connectivity index (χ4v) is 4.58. The Morgan fingerprint density at radius 2 is 1.74 bits per heavy atom. The third kappa shape index (κ3) is 4.71. The van der Waals surface area contributed by atoms with Crippen LogP contribution in [-0.4, -0.2) is 42.6 Å². The van der Waals surface area contributed by atoms with E-state index in [2.05, 4.69) is 5.32 Å². The smallest absolute Gasteiger partial charge is 0.282 e. The summed E-state index contributed by atoms with van der Waals surface area (Å²) < 4.78 is 41.9. The van der Waals surface area contributed by atoms with Gasteiger partial charge in [0.05, 0.1) is 6.54 Å². The summed E-state index contributed by atoms with van der Waals surface area (Å²) >= 11 is 0. The van der Waals surface area contributed by atoms with Crippen LogP contribution < -0.4 is 5.32 Å². The van der Waals surface area contributed by atoms with Gasteiger partial charge in [0.25, 0.3) is 10.2 Å². The minimum Gasteiger partial charge on any atom is -0.325 e. The summed E-state index contributed by atoms with van der Waals surface area (Å²) in [4.78, 5) is 12.3. The van der Waals surface area contributed by atoms with E-state index < -0.39 is 21.9 Å². The number of halogens is 1. The van der Waals surface area contributed by atoms with Crippen LogP contribution in [0.5, 0.6) is 0 Å². The number of nitrogens with zero attached hydrogens (tertiary/aromatic N) is 2. The fraction of sp³-hybridized carbons (Fsp3) is 0.316. The number of benzene rings is 2. The zero-order valence-corrected chi connectivity index (χ0v) is 15.9. The van der Waals surface area contributed by atoms with Crippen molar-refractivity contribution in [2.24, 2.45) is 0 Å². The van der Waals surface area contributed by atoms with E-state index in [1.165, 1.54) is 10.4 Å². The van der Waals surface area contributed by atoms with Crippen molar-refractivity contribution in [3.05, 3.63) is 65.5 Å². The molecule has 1 heterocycles. The van der Waals surface area contributed by atoms with Crippen molar-refractivity contribution in [3.63, 3.8) is 0 Å². The molecule has 1 saturated heterocycles. The number of hydrogen-bond acceptors (Lipinski definition) is 3. The number of amides is 1. The zero-order valence-electron chi connectivity index (χ0n) is 15.1. The van der Waals surface area contributed by atoms with Crippen molar-refractivity contribution in [1.29, 1.82) is 0 Å². The third-order valence-corrected chi connectivity index (χ3v) is 6.36. The second kappa shape index (κ2) is 8.16. The van der Waals surface area contributed by atoms with Gasteiger partial charge in [0, 0.05) is 30.9 Å². The van der Waals surface area contributed by atoms with E-state index in [9.17, 15) is 17.6 Å². The Morgan fingerprint density at radius 1 is 1.07 bits per heavy atom. The Morgan fingerprint density at radius 3 is 2.44 bits per heavy atom. The topological polar surface area (TPSA) is 69.7 Å². The monoisotopic (exact) mass is 391 g/mol. The predicted molar refractivity (Wildman–Crippen MR) is 102 cm³/mol. The molecule has 27 heavy (non-hydrogen) atoms. The Balaban J connectivity index is 1.67. The maximum Gasteiger partial charge on any atom is 0.282 e. The van der Waals surface area contributed by atoms with Crippen molar-refractivity contribution in [2.75, 3.05) is 25.0 Å². The normalized spacial score (nSPS) is 17.6. The van der Waals surface area contributed by atoms with Crippen LogP contribution in [0.3, 0.4) is 0 Å². The van der Waals surface area contributed by atoms with Gasteiger partial charge in [-0.05, 0) is 31.5 Å². The summed E-state index contributed by atoms with van der Waals surface area (Å²) in [5.74, 6) is -0.850. The SMILES string of the molecule is Cc1ccc(NC(=O)CN2CCCN(Cc3ccccc3F)S2(=O)=O)cc1. The van der Waals surface area contributed by atoms with Gasteiger partial charge in [-0.2, -0.15) is 17.0 Å². The van der Waals surface area contributed by atoms with Gasteiger partial charge in [0.2, 0.25) is 5.91 Å². The number of hydrogen-bond donors (Lipinski definition) is 1. The summed E-state index contributed by atoms with van der Waals surface area (Å²) in [6, 6.07) is 13.4. The van der Waals surface area contributed by atoms with Crippen molar-refractivity contribution in [3.8, 4) is 0 Å². The minimum absolute atomic E-state index is 0.0505. The van der Waals surface area contributed by atoms with E-state index in [4.69, 9.17) is 0 Å². The number of rotatable bonds is 5. The molecule has 0 saturated carbocycles. The lowest BCUT2D eigenvalue weighted by Gasteiger charge is -2.34. The molecule has 6 nitrogen and oxygen atoms in total. The first-order chi connectivity index (χ1) is 12.9. The van der Waals surface area contributed by atoms with Crippen molar-refractivity contribution in [1.82, 2.24) is 8.61 Å². The molecule has 0 unspecified atom stereocenters. The number of aryl methyl sites for hydroxylation is 1. The Hall–Kier alpha value is -2.29. The molecule has 0 bridgehead atoms. The molecule has 2 aromatic rings. The van der Waals surface area contributed by atoms with E-state index >= 15 is 0 Å². The largest absolute Gasteiger partial charge is 0.325 e. The number of nitrogens with one attached hydrogen (secondary N) is 1. The Labute approximate surface area is 158 Å². The summed E-state index contributed by atoms with van der Waals surface area (Å²) in [5.41, 5.74) is 1.99. The van der Waals surface area contributed by atoms with Crippen LogP contribution in [-0.2, 0) is 21.5 Å². The molecule has 144 valence electrons. The average Bonchev–Trinajstić information content (AvgIpc) is 2.62. The lowest BCUT2D eigenvalue weighted by atomic mass is 10.2. The summed E-state index contributed by atoms with van der Waals surface area (Å²) in [5, 5.41) is 2.70. The van der Waals surface area contributed by atoms with Gasteiger partial charge in [0.1, 0.15) is 5.82 Å². The highest BCUT2D eigenvalue weighted by atomic mass is 32.2. The second-order valence-electron chi connectivity index (χ2n) is 6.53. The summed E-state index contributed by atoms with van der Waals surface area (Å²) in [7, 11) is -3.83. The van der Waals surface area contributed by atoms with Crippen LogP contribution in [0.15, 0.2) is 48.5 Å². The molecule has 0 atom stereocenters. The first-order valence-electron chi connectivity index (χ1n) is 8.71. The highest BCUT2D eigenvalue weighted by Gasteiger charge is 2.35. The molecule has 8 heteroatoms. The molecule has 1 fully saturated rings. The third-order valence-electron chi connectivity index (χ3n) is 4.43. The van der Waals surface area contributed by atoms with Crippen molar-refractivity contribution in [2.45, 2.75) is 19.9 Å². The van der Waals surface area contributed by atoms with Crippen molar-refractivity contribution < 1.29 is 17.6 Å². The van der Waals surface area contributed by atoms with Crippen LogP contribution in [0.1, 0.15) is 17.5 Å². The molecule has 0 aromatic heterocycles. The van der Waals surface area contributed by atoms with Crippen molar-refractivity contribution >= 4 is 21.8 Å². The van der Waals surface area contributed by atoms with Gasteiger partial charge in [-0.25, -0.2) is 4.39 Å². The van der Waals surface area contributed by atoms with Gasteiger partial charge < -0.3 is 5.32 Å². The van der Waals surface area contributed by atoms with Gasteiger partial charge >= 0.3 is 0 Å². The molecular formula is C19H22FN3O3S. The summed E-state index contributed by atoms with van der Waals surface area (Å²) in [6.45, 7) is 2.18. The number of anilines is 1. The van der Waals surface area contributed by atoms with E-state index in [1.54, 1.807) is 30.3 Å². The highest BCUT2D eigenvalue weighted by molar-refractivity contribution is 7.86. The second-order valence-corrected chi connectivity index (χ2v) is 8.46. The van der Waals surface area contributed by atoms with Crippen LogP contribution in [0, 0.1) is 12.7 Å². The predicted octanol–water partition coefficient (Wildman–Crippen LogP) is 2.53. The van der Waals surface area contributed by atoms with Gasteiger partial charge in [-0.3, -0.25) is 4.79 Å². The van der Waals surface area contributed by atoms with Gasteiger partial charge in [-0.15, -0.1) is 0 Å². The van der Waals surface area contributed by atoms with Crippen LogP contribution in [0.25, 0.3) is 0 Å². The molecule has 2 aromatic carbocycles. The molecule has 1 N–H and O–H groups in total. The van der Waals surface area contributed by atoms with Gasteiger partial charge in [-0.1, -0.05) is 35.9 Å². The summed E-state index contributed by atoms with van der Waals surface area (Å²) in [6.07, 6.45) is 0.575. The Kier molecular flexibility index (Phi) is 5.88. The van der Waals surface area contributed by atoms with Gasteiger partial charge in [0.15, 0.2) is 0 Å². The highest BCUT2D eigenvalue weighted by Crippen LogP contribution is 2.20. The van der Waals surface area contributed by atoms with Crippen LogP contribution in [0.2, 0.25) is 0 Å². The average molecular weight is 391 g/mol. The van der Waals surface area contributed by atoms with E-state index in [-0.39, 0.29) is 19.6 Å². The molecule has 1 amide bonds. The molecule has 1 aliphatic heterocycles. The number of carbonyl (C=O) groups excluding carboxylic acids is 1. The fourth-order valence-electron chi connectivity index (χ4n) is 2.95. The van der Waals surface area contributed by atoms with Crippen LogP contribution >= 0.6 is 0 Å². The first-order valence-corrected chi connectivity index (χ1v) is 10.1. The molecule has 0 radical (unpaired) electrons. The number of carbonyl (C=O) groups is 1. The van der Waals surface area contributed by atoms with E-state index in [1.807, 2.05) is 19.1 Å². The lowest BCUT2D eigenvalue weighted by molar-refractivity contribution is -0.116. The molecule has 3 rings (SSSR count). The first kappa shape index (κ1) is 19.5. The molecular weight excluding hydrogens is 369 g/mol. The molecule has 1 aliphatic rings. The quantitative estimate of drug-likeness (QED) is 0.852. The van der Waals surface area contributed by atoms with E-state index in [0.29, 0.717) is 24.2 Å². The maximum atomic E-state index is 13.9. The minimum atomic E-state index is -3.83. The Bertz CT molecular complexity index is 916. The van der Waals surface area contributed by atoms with Crippen LogP contribution in [0.4, 0.5) is 10.1 Å². The van der Waals surface area contributed by atoms with E-state index in [0.717, 1.165) is 9.87 Å².